The summed E-state index contributed by atoms with van der Waals surface area (Å²) in [5.74, 6) is 1.02. The maximum Gasteiger partial charge on any atom is 0.208 e. The Kier molecular flexibility index (Phi) is 2.80. The van der Waals surface area contributed by atoms with Crippen LogP contribution < -0.4 is 9.80 Å². The van der Waals surface area contributed by atoms with Crippen molar-refractivity contribution >= 4 is 22.3 Å². The summed E-state index contributed by atoms with van der Waals surface area (Å²) in [6, 6.07) is 2.70. The van der Waals surface area contributed by atoms with Gasteiger partial charge in [-0.05, 0) is 30.9 Å². The molecule has 3 heterocycles. The van der Waals surface area contributed by atoms with Gasteiger partial charge in [0, 0.05) is 20.1 Å². The topological polar surface area (TPSA) is 58.0 Å². The van der Waals surface area contributed by atoms with Gasteiger partial charge in [-0.3, -0.25) is 0 Å². The average molecular weight is 288 g/mol. The van der Waals surface area contributed by atoms with Crippen LogP contribution in [0.25, 0.3) is 0 Å². The summed E-state index contributed by atoms with van der Waals surface area (Å²) in [6.07, 6.45) is 3.46. The lowest BCUT2D eigenvalue weighted by atomic mass is 10.1. The molecule has 7 heteroatoms. The van der Waals surface area contributed by atoms with Crippen LogP contribution in [0.1, 0.15) is 17.7 Å². The van der Waals surface area contributed by atoms with Gasteiger partial charge in [-0.15, -0.1) is 15.3 Å². The van der Waals surface area contributed by atoms with Gasteiger partial charge < -0.3 is 9.80 Å². The van der Waals surface area contributed by atoms with E-state index in [9.17, 15) is 0 Å². The summed E-state index contributed by atoms with van der Waals surface area (Å²) >= 11 is 1.58. The summed E-state index contributed by atoms with van der Waals surface area (Å²) in [6.45, 7) is 1.95. The highest BCUT2D eigenvalue weighted by Crippen LogP contribution is 2.28. The van der Waals surface area contributed by atoms with E-state index in [0.717, 1.165) is 36.9 Å². The molecule has 1 aliphatic heterocycles. The van der Waals surface area contributed by atoms with Crippen molar-refractivity contribution < 1.29 is 0 Å². The van der Waals surface area contributed by atoms with Crippen molar-refractivity contribution in [1.82, 2.24) is 20.4 Å². The number of aryl methyl sites for hydroxylation is 2. The molecule has 0 radical (unpaired) electrons. The number of hydrogen-bond donors (Lipinski definition) is 0. The molecule has 2 aromatic rings. The molecule has 0 bridgehead atoms. The predicted molar refractivity (Wildman–Crippen MR) is 78.4 cm³/mol. The van der Waals surface area contributed by atoms with Crippen LogP contribution in [0, 0.1) is 0 Å². The van der Waals surface area contributed by atoms with E-state index in [0.29, 0.717) is 6.04 Å². The zero-order chi connectivity index (χ0) is 13.5. The first-order chi connectivity index (χ1) is 9.81. The van der Waals surface area contributed by atoms with Crippen LogP contribution in [-0.4, -0.2) is 46.6 Å². The van der Waals surface area contributed by atoms with Crippen LogP contribution >= 0.6 is 11.3 Å². The van der Waals surface area contributed by atoms with Crippen molar-refractivity contribution in [3.63, 3.8) is 0 Å². The molecule has 1 fully saturated rings. The molecule has 0 unspecified atom stereocenters. The normalized spacial score (nSPS) is 17.9. The minimum Gasteiger partial charge on any atom is -0.351 e. The molecule has 6 nitrogen and oxygen atoms in total. The van der Waals surface area contributed by atoms with E-state index in [2.05, 4.69) is 43.3 Å². The first-order valence-electron chi connectivity index (χ1n) is 6.90. The largest absolute Gasteiger partial charge is 0.351 e. The standard InChI is InChI=1S/C13H16N6S/c1-18(13-17-14-8-20-13)10-6-19(7-10)12-5-9-3-2-4-11(9)15-16-12/h5,8,10H,2-4,6-7H2,1H3. The Hall–Kier alpha value is -1.76. The van der Waals surface area contributed by atoms with Crippen LogP contribution in [-0.2, 0) is 12.8 Å². The van der Waals surface area contributed by atoms with Gasteiger partial charge >= 0.3 is 0 Å². The van der Waals surface area contributed by atoms with Crippen LogP contribution in [0.15, 0.2) is 11.6 Å². The third-order valence-corrected chi connectivity index (χ3v) is 4.97. The minimum absolute atomic E-state index is 0.484. The fourth-order valence-electron chi connectivity index (χ4n) is 2.84. The molecule has 1 aliphatic carbocycles. The Morgan fingerprint density at radius 2 is 2.15 bits per heavy atom. The summed E-state index contributed by atoms with van der Waals surface area (Å²) in [5, 5.41) is 17.7. The Morgan fingerprint density at radius 3 is 2.95 bits per heavy atom. The molecule has 104 valence electrons. The molecular formula is C13H16N6S. The number of anilines is 2. The first kappa shape index (κ1) is 12.0. The second-order valence-electron chi connectivity index (χ2n) is 5.42. The molecule has 0 spiro atoms. The second-order valence-corrected chi connectivity index (χ2v) is 6.23. The molecule has 20 heavy (non-hydrogen) atoms. The van der Waals surface area contributed by atoms with Crippen LogP contribution in [0.5, 0.6) is 0 Å². The maximum atomic E-state index is 4.36. The van der Waals surface area contributed by atoms with E-state index in [1.807, 2.05) is 0 Å². The van der Waals surface area contributed by atoms with Crippen molar-refractivity contribution in [2.24, 2.45) is 0 Å². The van der Waals surface area contributed by atoms with Gasteiger partial charge in [0.2, 0.25) is 5.13 Å². The lowest BCUT2D eigenvalue weighted by molar-refractivity contribution is 0.489. The van der Waals surface area contributed by atoms with E-state index >= 15 is 0 Å². The Bertz CT molecular complexity index is 607. The highest BCUT2D eigenvalue weighted by Gasteiger charge is 2.32. The first-order valence-corrected chi connectivity index (χ1v) is 7.78. The molecular weight excluding hydrogens is 272 g/mol. The van der Waals surface area contributed by atoms with Gasteiger partial charge in [0.05, 0.1) is 11.7 Å². The van der Waals surface area contributed by atoms with Crippen molar-refractivity contribution in [3.05, 3.63) is 22.8 Å². The van der Waals surface area contributed by atoms with E-state index in [4.69, 9.17) is 0 Å². The van der Waals surface area contributed by atoms with Crippen molar-refractivity contribution in [2.45, 2.75) is 25.3 Å². The van der Waals surface area contributed by atoms with E-state index in [1.54, 1.807) is 16.8 Å². The number of aromatic nitrogens is 4. The van der Waals surface area contributed by atoms with E-state index in [-0.39, 0.29) is 0 Å². The third-order valence-electron chi connectivity index (χ3n) is 4.19. The fourth-order valence-corrected chi connectivity index (χ4v) is 3.43. The Morgan fingerprint density at radius 1 is 1.25 bits per heavy atom. The van der Waals surface area contributed by atoms with E-state index < -0.39 is 0 Å². The van der Waals surface area contributed by atoms with E-state index in [1.165, 1.54) is 17.7 Å². The van der Waals surface area contributed by atoms with Crippen LogP contribution in [0.4, 0.5) is 10.9 Å². The Labute approximate surface area is 121 Å². The molecule has 4 rings (SSSR count). The number of likely N-dealkylation sites (N-methyl/N-ethyl adjacent to an activating group) is 1. The number of nitrogens with zero attached hydrogens (tertiary/aromatic N) is 6. The van der Waals surface area contributed by atoms with Crippen molar-refractivity contribution in [3.8, 4) is 0 Å². The number of fused-ring (bicyclic) bond motifs is 1. The van der Waals surface area contributed by atoms with Crippen molar-refractivity contribution in [2.75, 3.05) is 29.9 Å². The molecule has 0 aromatic carbocycles. The minimum atomic E-state index is 0.484. The molecule has 2 aliphatic rings. The van der Waals surface area contributed by atoms with Crippen LogP contribution in [0.2, 0.25) is 0 Å². The summed E-state index contributed by atoms with van der Waals surface area (Å²) in [4.78, 5) is 4.49. The number of rotatable bonds is 3. The number of hydrogen-bond acceptors (Lipinski definition) is 7. The molecule has 0 N–H and O–H groups in total. The lowest BCUT2D eigenvalue weighted by Crippen LogP contribution is -2.59. The monoisotopic (exact) mass is 288 g/mol. The molecule has 0 atom stereocenters. The quantitative estimate of drug-likeness (QED) is 0.844. The maximum absolute atomic E-state index is 4.36. The van der Waals surface area contributed by atoms with Gasteiger partial charge in [-0.25, -0.2) is 0 Å². The zero-order valence-corrected chi connectivity index (χ0v) is 12.2. The zero-order valence-electron chi connectivity index (χ0n) is 11.4. The molecule has 1 saturated heterocycles. The average Bonchev–Trinajstić information content (AvgIpc) is 3.07. The lowest BCUT2D eigenvalue weighted by Gasteiger charge is -2.44. The highest BCUT2D eigenvalue weighted by atomic mass is 32.1. The van der Waals surface area contributed by atoms with Crippen molar-refractivity contribution in [1.29, 1.82) is 0 Å². The fraction of sp³-hybridized carbons (Fsp3) is 0.538. The molecule has 0 saturated carbocycles. The third kappa shape index (κ3) is 1.93. The second kappa shape index (κ2) is 4.66. The predicted octanol–water partition coefficient (Wildman–Crippen LogP) is 1.14. The van der Waals surface area contributed by atoms with Crippen LogP contribution in [0.3, 0.4) is 0 Å². The molecule has 2 aromatic heterocycles. The van der Waals surface area contributed by atoms with Gasteiger partial charge in [-0.2, -0.15) is 5.10 Å². The summed E-state index contributed by atoms with van der Waals surface area (Å²) in [5.41, 5.74) is 4.35. The smallest absolute Gasteiger partial charge is 0.208 e. The van der Waals surface area contributed by atoms with Gasteiger partial charge in [-0.1, -0.05) is 11.3 Å². The van der Waals surface area contributed by atoms with Gasteiger partial charge in [0.1, 0.15) is 5.51 Å². The Balaban J connectivity index is 1.44. The highest BCUT2D eigenvalue weighted by molar-refractivity contribution is 7.13. The van der Waals surface area contributed by atoms with Gasteiger partial charge in [0.25, 0.3) is 0 Å². The van der Waals surface area contributed by atoms with Gasteiger partial charge in [0.15, 0.2) is 5.82 Å². The SMILES string of the molecule is CN(c1nncs1)C1CN(c2cc3c(nn2)CCC3)C1. The molecule has 0 amide bonds. The summed E-state index contributed by atoms with van der Waals surface area (Å²) in [7, 11) is 2.08. The summed E-state index contributed by atoms with van der Waals surface area (Å²) < 4.78 is 0.